The highest BCUT2D eigenvalue weighted by molar-refractivity contribution is 5.79. The summed E-state index contributed by atoms with van der Waals surface area (Å²) >= 11 is 0. The van der Waals surface area contributed by atoms with Crippen molar-refractivity contribution in [3.63, 3.8) is 0 Å². The minimum atomic E-state index is -0.378. The van der Waals surface area contributed by atoms with E-state index >= 15 is 0 Å². The number of rotatable bonds is 8. The van der Waals surface area contributed by atoms with Crippen molar-refractivity contribution in [3.8, 4) is 11.1 Å². The highest BCUT2D eigenvalue weighted by atomic mass is 16.5. The summed E-state index contributed by atoms with van der Waals surface area (Å²) in [6.07, 6.45) is 1.00. The lowest BCUT2D eigenvalue weighted by molar-refractivity contribution is -0.157. The second-order valence-electron chi connectivity index (χ2n) is 8.28. The van der Waals surface area contributed by atoms with E-state index in [1.807, 2.05) is 36.9 Å². The molecule has 6 nitrogen and oxygen atoms in total. The molecular weight excluding hydrogens is 378 g/mol. The first kappa shape index (κ1) is 21.8. The van der Waals surface area contributed by atoms with Crippen LogP contribution in [0.1, 0.15) is 20.3 Å². The molecule has 1 aliphatic heterocycles. The molecule has 6 heteroatoms. The molecule has 1 atom stereocenters. The Labute approximate surface area is 178 Å². The van der Waals surface area contributed by atoms with Crippen molar-refractivity contribution in [2.45, 2.75) is 20.3 Å². The Hall–Kier alpha value is -2.86. The maximum Gasteiger partial charge on any atom is 0.233 e. The van der Waals surface area contributed by atoms with Gasteiger partial charge in [-0.2, -0.15) is 0 Å². The SMILES string of the molecule is CC(C)C[C@H](CN(O)C=O)C(=O)N1CCN(c2ccc(-c3ccccc3)cc2)CC1. The van der Waals surface area contributed by atoms with Gasteiger partial charge < -0.3 is 9.80 Å². The number of carbonyl (C=O) groups excluding carboxylic acids is 2. The third-order valence-corrected chi connectivity index (χ3v) is 5.57. The number of anilines is 1. The average molecular weight is 410 g/mol. The number of carbonyl (C=O) groups is 2. The Morgan fingerprint density at radius 3 is 2.17 bits per heavy atom. The third kappa shape index (κ3) is 5.60. The zero-order chi connectivity index (χ0) is 21.5. The number of hydrogen-bond acceptors (Lipinski definition) is 4. The molecule has 3 rings (SSSR count). The second-order valence-corrected chi connectivity index (χ2v) is 8.28. The first-order chi connectivity index (χ1) is 14.5. The van der Waals surface area contributed by atoms with E-state index in [2.05, 4.69) is 41.3 Å². The van der Waals surface area contributed by atoms with Gasteiger partial charge in [0, 0.05) is 31.9 Å². The zero-order valence-electron chi connectivity index (χ0n) is 17.8. The van der Waals surface area contributed by atoms with Crippen LogP contribution in [0.25, 0.3) is 11.1 Å². The normalized spacial score (nSPS) is 15.2. The van der Waals surface area contributed by atoms with Crippen molar-refractivity contribution < 1.29 is 14.8 Å². The molecule has 0 aromatic heterocycles. The molecule has 1 aliphatic rings. The quantitative estimate of drug-likeness (QED) is 0.412. The predicted octanol–water partition coefficient (Wildman–Crippen LogP) is 3.51. The zero-order valence-corrected chi connectivity index (χ0v) is 17.8. The Balaban J connectivity index is 1.59. The number of hydrogen-bond donors (Lipinski definition) is 1. The molecule has 1 saturated heterocycles. The van der Waals surface area contributed by atoms with Crippen LogP contribution in [0.4, 0.5) is 5.69 Å². The van der Waals surface area contributed by atoms with Crippen LogP contribution in [0.3, 0.4) is 0 Å². The van der Waals surface area contributed by atoms with Gasteiger partial charge in [0.25, 0.3) is 0 Å². The maximum absolute atomic E-state index is 13.0. The van der Waals surface area contributed by atoms with Crippen molar-refractivity contribution in [3.05, 3.63) is 54.6 Å². The summed E-state index contributed by atoms with van der Waals surface area (Å²) in [6.45, 7) is 6.94. The van der Waals surface area contributed by atoms with E-state index in [9.17, 15) is 14.8 Å². The van der Waals surface area contributed by atoms with Crippen molar-refractivity contribution in [1.29, 1.82) is 0 Å². The minimum absolute atomic E-state index is 0.0173. The fraction of sp³-hybridized carbons (Fsp3) is 0.417. The molecule has 0 saturated carbocycles. The average Bonchev–Trinajstić information content (AvgIpc) is 2.78. The largest absolute Gasteiger partial charge is 0.368 e. The smallest absolute Gasteiger partial charge is 0.233 e. The topological polar surface area (TPSA) is 64.1 Å². The number of amides is 2. The predicted molar refractivity (Wildman–Crippen MR) is 118 cm³/mol. The second kappa shape index (κ2) is 10.3. The number of piperazine rings is 1. The van der Waals surface area contributed by atoms with Gasteiger partial charge in [0.2, 0.25) is 12.3 Å². The minimum Gasteiger partial charge on any atom is -0.368 e. The molecule has 2 amide bonds. The van der Waals surface area contributed by atoms with Crippen molar-refractivity contribution in [2.75, 3.05) is 37.6 Å². The summed E-state index contributed by atoms with van der Waals surface area (Å²) in [5.41, 5.74) is 3.54. The molecule has 30 heavy (non-hydrogen) atoms. The van der Waals surface area contributed by atoms with Gasteiger partial charge in [-0.3, -0.25) is 14.8 Å². The molecule has 0 aliphatic carbocycles. The molecule has 2 aromatic carbocycles. The van der Waals surface area contributed by atoms with Gasteiger partial charge in [-0.25, -0.2) is 5.06 Å². The third-order valence-electron chi connectivity index (χ3n) is 5.57. The van der Waals surface area contributed by atoms with Crippen LogP contribution >= 0.6 is 0 Å². The van der Waals surface area contributed by atoms with Crippen LogP contribution in [0.2, 0.25) is 0 Å². The molecule has 1 fully saturated rings. The fourth-order valence-electron chi connectivity index (χ4n) is 4.03. The highest BCUT2D eigenvalue weighted by Gasteiger charge is 2.29. The van der Waals surface area contributed by atoms with Gasteiger partial charge in [0.1, 0.15) is 0 Å². The van der Waals surface area contributed by atoms with Crippen molar-refractivity contribution in [1.82, 2.24) is 9.96 Å². The van der Waals surface area contributed by atoms with Gasteiger partial charge in [0.15, 0.2) is 0 Å². The molecule has 2 aromatic rings. The van der Waals surface area contributed by atoms with Crippen LogP contribution in [-0.2, 0) is 9.59 Å². The van der Waals surface area contributed by atoms with E-state index in [-0.39, 0.29) is 18.4 Å². The van der Waals surface area contributed by atoms with E-state index in [4.69, 9.17) is 0 Å². The molecule has 0 radical (unpaired) electrons. The van der Waals surface area contributed by atoms with Gasteiger partial charge in [-0.05, 0) is 35.6 Å². The summed E-state index contributed by atoms with van der Waals surface area (Å²) in [5, 5.41) is 10.1. The maximum atomic E-state index is 13.0. The Kier molecular flexibility index (Phi) is 7.46. The lowest BCUT2D eigenvalue weighted by atomic mass is 9.95. The number of nitrogens with zero attached hydrogens (tertiary/aromatic N) is 3. The fourth-order valence-corrected chi connectivity index (χ4v) is 4.03. The van der Waals surface area contributed by atoms with Crippen molar-refractivity contribution >= 4 is 18.0 Å². The number of hydroxylamine groups is 2. The molecule has 1 heterocycles. The molecule has 160 valence electrons. The van der Waals surface area contributed by atoms with Gasteiger partial charge in [-0.15, -0.1) is 0 Å². The summed E-state index contributed by atoms with van der Waals surface area (Å²) in [5.74, 6) is -0.0519. The lowest BCUT2D eigenvalue weighted by Crippen LogP contribution is -2.51. The van der Waals surface area contributed by atoms with Gasteiger partial charge in [-0.1, -0.05) is 56.3 Å². The standard InChI is InChI=1S/C24H31N3O3/c1-19(2)16-22(17-27(30)18-28)24(29)26-14-12-25(13-15-26)23-10-8-21(9-11-23)20-6-4-3-5-7-20/h3-11,18-19,22,30H,12-17H2,1-2H3/t22-/m1/s1. The summed E-state index contributed by atoms with van der Waals surface area (Å²) in [7, 11) is 0. The van der Waals surface area contributed by atoms with Crippen LogP contribution < -0.4 is 4.90 Å². The first-order valence-electron chi connectivity index (χ1n) is 10.6. The summed E-state index contributed by atoms with van der Waals surface area (Å²) in [4.78, 5) is 27.9. The van der Waals surface area contributed by atoms with Crippen LogP contribution in [0, 0.1) is 11.8 Å². The van der Waals surface area contributed by atoms with Crippen LogP contribution in [-0.4, -0.2) is 60.2 Å². The molecule has 1 N–H and O–H groups in total. The van der Waals surface area contributed by atoms with E-state index in [1.165, 1.54) is 11.1 Å². The molecule has 0 bridgehead atoms. The van der Waals surface area contributed by atoms with Crippen molar-refractivity contribution in [2.24, 2.45) is 11.8 Å². The Morgan fingerprint density at radius 1 is 1.00 bits per heavy atom. The van der Waals surface area contributed by atoms with Gasteiger partial charge in [0.05, 0.1) is 12.5 Å². The molecular formula is C24H31N3O3. The Bertz CT molecular complexity index is 815. The van der Waals surface area contributed by atoms with Crippen LogP contribution in [0.15, 0.2) is 54.6 Å². The Morgan fingerprint density at radius 2 is 1.60 bits per heavy atom. The van der Waals surface area contributed by atoms with E-state index < -0.39 is 0 Å². The summed E-state index contributed by atoms with van der Waals surface area (Å²) < 4.78 is 0. The van der Waals surface area contributed by atoms with E-state index in [0.29, 0.717) is 36.9 Å². The monoisotopic (exact) mass is 409 g/mol. The molecule has 0 spiro atoms. The molecule has 0 unspecified atom stereocenters. The summed E-state index contributed by atoms with van der Waals surface area (Å²) in [6, 6.07) is 18.8. The lowest BCUT2D eigenvalue weighted by Gasteiger charge is -2.38. The van der Waals surface area contributed by atoms with E-state index in [0.717, 1.165) is 18.8 Å². The van der Waals surface area contributed by atoms with Crippen LogP contribution in [0.5, 0.6) is 0 Å². The number of benzene rings is 2. The first-order valence-corrected chi connectivity index (χ1v) is 10.6. The highest BCUT2D eigenvalue weighted by Crippen LogP contribution is 2.24. The van der Waals surface area contributed by atoms with Gasteiger partial charge >= 0.3 is 0 Å². The van der Waals surface area contributed by atoms with E-state index in [1.54, 1.807) is 0 Å².